The lowest BCUT2D eigenvalue weighted by Crippen LogP contribution is -2.02. The molecule has 0 saturated carbocycles. The van der Waals surface area contributed by atoms with Crippen molar-refractivity contribution in [1.29, 1.82) is 0 Å². The highest BCUT2D eigenvalue weighted by atomic mass is 16.6. The second-order valence-electron chi connectivity index (χ2n) is 5.43. The van der Waals surface area contributed by atoms with E-state index in [9.17, 15) is 25.0 Å². The maximum atomic E-state index is 11.9. The largest absolute Gasteiger partial charge is 0.404 e. The van der Waals surface area contributed by atoms with Crippen molar-refractivity contribution in [1.82, 2.24) is 4.98 Å². The summed E-state index contributed by atoms with van der Waals surface area (Å²) >= 11 is 0. The summed E-state index contributed by atoms with van der Waals surface area (Å²) in [6.07, 6.45) is 0. The molecule has 9 nitrogen and oxygen atoms in total. The quantitative estimate of drug-likeness (QED) is 0.518. The van der Waals surface area contributed by atoms with Crippen LogP contribution in [0.25, 0.3) is 22.7 Å². The van der Waals surface area contributed by atoms with Gasteiger partial charge in [0.05, 0.1) is 21.6 Å². The van der Waals surface area contributed by atoms with Gasteiger partial charge in [-0.3, -0.25) is 20.2 Å². The number of rotatable bonds is 4. The van der Waals surface area contributed by atoms with E-state index in [1.165, 1.54) is 36.4 Å². The standard InChI is InChI=1S/C17H11N3O6/c1-10-2-3-12(8-15(10)20(24)25)17-18-14(9-16(21)26-17)11-4-6-13(7-5-11)19(22)23/h2-9H,1H3. The number of hydrogen-bond acceptors (Lipinski definition) is 7. The summed E-state index contributed by atoms with van der Waals surface area (Å²) in [4.78, 5) is 36.8. The number of benzene rings is 2. The van der Waals surface area contributed by atoms with Crippen molar-refractivity contribution in [3.63, 3.8) is 0 Å². The number of nitro groups is 2. The molecule has 0 saturated heterocycles. The van der Waals surface area contributed by atoms with Gasteiger partial charge in [-0.05, 0) is 25.1 Å². The molecule has 0 aliphatic carbocycles. The highest BCUT2D eigenvalue weighted by Crippen LogP contribution is 2.27. The molecule has 0 aliphatic rings. The second-order valence-corrected chi connectivity index (χ2v) is 5.43. The molecule has 9 heteroatoms. The number of aromatic nitrogens is 1. The molecule has 0 atom stereocenters. The van der Waals surface area contributed by atoms with Crippen molar-refractivity contribution >= 4 is 11.4 Å². The highest BCUT2D eigenvalue weighted by Gasteiger charge is 2.15. The van der Waals surface area contributed by atoms with Gasteiger partial charge in [0.2, 0.25) is 5.89 Å². The zero-order chi connectivity index (χ0) is 18.8. The van der Waals surface area contributed by atoms with E-state index >= 15 is 0 Å². The Balaban J connectivity index is 2.09. The SMILES string of the molecule is Cc1ccc(-c2nc(-c3ccc([N+](=O)[O-])cc3)cc(=O)o2)cc1[N+](=O)[O-]. The Morgan fingerprint density at radius 1 is 0.923 bits per heavy atom. The molecule has 26 heavy (non-hydrogen) atoms. The van der Waals surface area contributed by atoms with Gasteiger partial charge < -0.3 is 4.42 Å². The van der Waals surface area contributed by atoms with Crippen LogP contribution in [0, 0.1) is 27.2 Å². The molecule has 1 aromatic heterocycles. The first-order valence-corrected chi connectivity index (χ1v) is 7.37. The smallest absolute Gasteiger partial charge is 0.339 e. The number of hydrogen-bond donors (Lipinski definition) is 0. The fourth-order valence-corrected chi connectivity index (χ4v) is 2.37. The van der Waals surface area contributed by atoms with E-state index in [0.29, 0.717) is 11.1 Å². The summed E-state index contributed by atoms with van der Waals surface area (Å²) in [6.45, 7) is 1.60. The Morgan fingerprint density at radius 2 is 1.58 bits per heavy atom. The number of nitrogens with zero attached hydrogens (tertiary/aromatic N) is 3. The molecular formula is C17H11N3O6. The van der Waals surface area contributed by atoms with Crippen LogP contribution in [0.3, 0.4) is 0 Å². The van der Waals surface area contributed by atoms with Gasteiger partial charge in [-0.25, -0.2) is 9.78 Å². The van der Waals surface area contributed by atoms with Crippen LogP contribution in [0.2, 0.25) is 0 Å². The summed E-state index contributed by atoms with van der Waals surface area (Å²) in [7, 11) is 0. The lowest BCUT2D eigenvalue weighted by molar-refractivity contribution is -0.385. The Bertz CT molecular complexity index is 1070. The van der Waals surface area contributed by atoms with E-state index in [1.807, 2.05) is 0 Å². The molecule has 0 spiro atoms. The van der Waals surface area contributed by atoms with Crippen LogP contribution in [0.5, 0.6) is 0 Å². The van der Waals surface area contributed by atoms with E-state index in [0.717, 1.165) is 6.07 Å². The predicted octanol–water partition coefficient (Wildman–Crippen LogP) is 3.49. The summed E-state index contributed by atoms with van der Waals surface area (Å²) in [5.74, 6) is -0.0750. The zero-order valence-corrected chi connectivity index (χ0v) is 13.4. The highest BCUT2D eigenvalue weighted by molar-refractivity contribution is 5.65. The van der Waals surface area contributed by atoms with Gasteiger partial charge in [0, 0.05) is 34.9 Å². The second kappa shape index (κ2) is 6.55. The summed E-state index contributed by atoms with van der Waals surface area (Å²) in [6, 6.07) is 11.0. The van der Waals surface area contributed by atoms with E-state index in [1.54, 1.807) is 13.0 Å². The van der Waals surface area contributed by atoms with Gasteiger partial charge in [0.1, 0.15) is 0 Å². The number of aryl methyl sites for hydroxylation is 1. The first-order chi connectivity index (χ1) is 12.3. The van der Waals surface area contributed by atoms with Crippen molar-refractivity contribution in [3.8, 4) is 22.7 Å². The Kier molecular flexibility index (Phi) is 4.27. The molecule has 3 aromatic rings. The third-order valence-electron chi connectivity index (χ3n) is 3.70. The Morgan fingerprint density at radius 3 is 2.19 bits per heavy atom. The maximum absolute atomic E-state index is 11.9. The van der Waals surface area contributed by atoms with Gasteiger partial charge in [-0.2, -0.15) is 0 Å². The molecule has 0 aliphatic heterocycles. The van der Waals surface area contributed by atoms with Crippen molar-refractivity contribution in [2.24, 2.45) is 0 Å². The number of non-ortho nitro benzene ring substituents is 1. The van der Waals surface area contributed by atoms with E-state index < -0.39 is 15.5 Å². The molecule has 0 bridgehead atoms. The van der Waals surface area contributed by atoms with E-state index in [2.05, 4.69) is 4.98 Å². The fourth-order valence-electron chi connectivity index (χ4n) is 2.37. The van der Waals surface area contributed by atoms with Gasteiger partial charge in [-0.15, -0.1) is 0 Å². The first kappa shape index (κ1) is 17.0. The van der Waals surface area contributed by atoms with Crippen LogP contribution in [-0.2, 0) is 0 Å². The minimum absolute atomic E-state index is 0.0750. The first-order valence-electron chi connectivity index (χ1n) is 7.37. The van der Waals surface area contributed by atoms with E-state index in [4.69, 9.17) is 4.42 Å². The third-order valence-corrected chi connectivity index (χ3v) is 3.70. The van der Waals surface area contributed by atoms with Gasteiger partial charge >= 0.3 is 5.63 Å². The summed E-state index contributed by atoms with van der Waals surface area (Å²) in [5, 5.41) is 21.8. The minimum Gasteiger partial charge on any atom is -0.404 e. The average molecular weight is 353 g/mol. The Labute approximate surface area is 145 Å². The van der Waals surface area contributed by atoms with Gasteiger partial charge in [0.15, 0.2) is 0 Å². The lowest BCUT2D eigenvalue weighted by Gasteiger charge is -2.04. The molecule has 0 unspecified atom stereocenters. The van der Waals surface area contributed by atoms with Crippen LogP contribution >= 0.6 is 0 Å². The molecule has 0 amide bonds. The van der Waals surface area contributed by atoms with Crippen molar-refractivity contribution < 1.29 is 14.3 Å². The Hall–Kier alpha value is -3.88. The monoisotopic (exact) mass is 353 g/mol. The maximum Gasteiger partial charge on any atom is 0.339 e. The molecule has 0 radical (unpaired) electrons. The molecular weight excluding hydrogens is 342 g/mol. The molecule has 0 N–H and O–H groups in total. The van der Waals surface area contributed by atoms with E-state index in [-0.39, 0.29) is 28.5 Å². The molecule has 130 valence electrons. The number of nitro benzene ring substituents is 2. The van der Waals surface area contributed by atoms with Gasteiger partial charge in [-0.1, -0.05) is 6.07 Å². The molecule has 1 heterocycles. The van der Waals surface area contributed by atoms with Gasteiger partial charge in [0.25, 0.3) is 11.4 Å². The van der Waals surface area contributed by atoms with Crippen LogP contribution in [-0.4, -0.2) is 14.8 Å². The minimum atomic E-state index is -0.688. The topological polar surface area (TPSA) is 129 Å². The third kappa shape index (κ3) is 3.31. The molecule has 3 rings (SSSR count). The fraction of sp³-hybridized carbons (Fsp3) is 0.0588. The normalized spacial score (nSPS) is 10.5. The average Bonchev–Trinajstić information content (AvgIpc) is 2.61. The summed E-state index contributed by atoms with van der Waals surface area (Å²) < 4.78 is 5.06. The van der Waals surface area contributed by atoms with Crippen molar-refractivity contribution in [3.05, 3.63) is 84.7 Å². The van der Waals surface area contributed by atoms with Crippen molar-refractivity contribution in [2.75, 3.05) is 0 Å². The van der Waals surface area contributed by atoms with Crippen LogP contribution in [0.1, 0.15) is 5.56 Å². The molecule has 0 fully saturated rings. The lowest BCUT2D eigenvalue weighted by atomic mass is 10.1. The predicted molar refractivity (Wildman–Crippen MR) is 91.7 cm³/mol. The zero-order valence-electron chi connectivity index (χ0n) is 13.4. The molecule has 2 aromatic carbocycles. The van der Waals surface area contributed by atoms with Crippen molar-refractivity contribution in [2.45, 2.75) is 6.92 Å². The van der Waals surface area contributed by atoms with Crippen LogP contribution in [0.4, 0.5) is 11.4 Å². The van der Waals surface area contributed by atoms with Crippen LogP contribution < -0.4 is 5.63 Å². The van der Waals surface area contributed by atoms with Crippen LogP contribution in [0.15, 0.2) is 57.7 Å². The summed E-state index contributed by atoms with van der Waals surface area (Å²) in [5.41, 5.74) is 0.571.